The minimum absolute atomic E-state index is 0.0147. The van der Waals surface area contributed by atoms with E-state index in [-0.39, 0.29) is 23.3 Å². The molecule has 0 saturated heterocycles. The second kappa shape index (κ2) is 9.44. The van der Waals surface area contributed by atoms with Crippen LogP contribution in [0.4, 0.5) is 8.78 Å². The summed E-state index contributed by atoms with van der Waals surface area (Å²) in [5.74, 6) is -3.81. The van der Waals surface area contributed by atoms with Crippen molar-refractivity contribution in [3.63, 3.8) is 0 Å². The molecule has 160 valence electrons. The fraction of sp³-hybridized carbons (Fsp3) is 0.174. The lowest BCUT2D eigenvalue weighted by Crippen LogP contribution is -2.36. The molecule has 2 aromatic carbocycles. The Labute approximate surface area is 177 Å². The molecule has 0 radical (unpaired) electrons. The molecule has 8 heteroatoms. The highest BCUT2D eigenvalue weighted by Crippen LogP contribution is 2.30. The molecule has 1 atom stereocenters. The van der Waals surface area contributed by atoms with Crippen molar-refractivity contribution in [3.05, 3.63) is 77.5 Å². The number of hydrogen-bond donors (Lipinski definition) is 1. The quantitative estimate of drug-likeness (QED) is 0.582. The third-order valence-electron chi connectivity index (χ3n) is 4.52. The van der Waals surface area contributed by atoms with Gasteiger partial charge in [0.25, 0.3) is 5.91 Å². The summed E-state index contributed by atoms with van der Waals surface area (Å²) in [6, 6.07) is 11.8. The minimum atomic E-state index is -1.30. The molecule has 6 nitrogen and oxygen atoms in total. The fourth-order valence-electron chi connectivity index (χ4n) is 2.94. The third kappa shape index (κ3) is 5.10. The molecule has 1 amide bonds. The summed E-state index contributed by atoms with van der Waals surface area (Å²) >= 11 is 0. The Kier molecular flexibility index (Phi) is 6.71. The predicted octanol–water partition coefficient (Wildman–Crippen LogP) is 3.66. The number of nitrogens with two attached hydrogens (primary N) is 1. The molecule has 1 heterocycles. The van der Waals surface area contributed by atoms with Crippen molar-refractivity contribution in [1.29, 1.82) is 0 Å². The van der Waals surface area contributed by atoms with Gasteiger partial charge in [-0.2, -0.15) is 0 Å². The lowest BCUT2D eigenvalue weighted by Gasteiger charge is -2.15. The number of rotatable bonds is 7. The largest absolute Gasteiger partial charge is 0.446 e. The van der Waals surface area contributed by atoms with Crippen LogP contribution >= 0.6 is 0 Å². The SMILES string of the molecule is COCC(OC(=O)c1cc(-c2ccc(C)cn2)cc(-c2cccc(F)c2F)c1)C(N)=O. The standard InChI is InChI=1S/C23H20F2N2O4/c1-13-6-7-19(27-11-13)15-8-14(17-4-3-5-18(24)21(17)25)9-16(10-15)23(29)31-20(12-30-2)22(26)28/h3-11,20H,12H2,1-2H3,(H2,26,28). The number of amides is 1. The third-order valence-corrected chi connectivity index (χ3v) is 4.52. The number of halogens is 2. The van der Waals surface area contributed by atoms with Crippen molar-refractivity contribution in [2.24, 2.45) is 5.73 Å². The molecule has 2 N–H and O–H groups in total. The van der Waals surface area contributed by atoms with Crippen LogP contribution in [0.3, 0.4) is 0 Å². The molecular formula is C23H20F2N2O4. The van der Waals surface area contributed by atoms with E-state index in [1.54, 1.807) is 18.3 Å². The van der Waals surface area contributed by atoms with Crippen molar-refractivity contribution in [2.75, 3.05) is 13.7 Å². The number of ether oxygens (including phenoxy) is 2. The maximum absolute atomic E-state index is 14.4. The van der Waals surface area contributed by atoms with Crippen LogP contribution in [0.25, 0.3) is 22.4 Å². The zero-order valence-electron chi connectivity index (χ0n) is 16.9. The van der Waals surface area contributed by atoms with Gasteiger partial charge in [-0.3, -0.25) is 9.78 Å². The molecule has 0 bridgehead atoms. The van der Waals surface area contributed by atoms with E-state index in [0.29, 0.717) is 11.3 Å². The monoisotopic (exact) mass is 426 g/mol. The van der Waals surface area contributed by atoms with Crippen molar-refractivity contribution >= 4 is 11.9 Å². The van der Waals surface area contributed by atoms with Gasteiger partial charge in [0.2, 0.25) is 6.10 Å². The Morgan fingerprint density at radius 1 is 1.10 bits per heavy atom. The molecule has 0 aliphatic heterocycles. The maximum Gasteiger partial charge on any atom is 0.339 e. The molecule has 0 spiro atoms. The first kappa shape index (κ1) is 22.0. The number of carbonyl (C=O) groups is 2. The predicted molar refractivity (Wildman–Crippen MR) is 110 cm³/mol. The van der Waals surface area contributed by atoms with Crippen LogP contribution < -0.4 is 5.73 Å². The molecule has 31 heavy (non-hydrogen) atoms. The van der Waals surface area contributed by atoms with E-state index in [1.807, 2.05) is 13.0 Å². The normalized spacial score (nSPS) is 11.7. The Morgan fingerprint density at radius 3 is 2.48 bits per heavy atom. The van der Waals surface area contributed by atoms with E-state index in [0.717, 1.165) is 11.6 Å². The lowest BCUT2D eigenvalue weighted by atomic mass is 9.97. The molecule has 0 saturated carbocycles. The summed E-state index contributed by atoms with van der Waals surface area (Å²) in [6.45, 7) is 1.66. The van der Waals surface area contributed by atoms with Crippen LogP contribution in [0, 0.1) is 18.6 Å². The second-order valence-corrected chi connectivity index (χ2v) is 6.87. The zero-order chi connectivity index (χ0) is 22.5. The van der Waals surface area contributed by atoms with E-state index in [2.05, 4.69) is 4.98 Å². The molecule has 1 aromatic heterocycles. The number of aromatic nitrogens is 1. The Balaban J connectivity index is 2.11. The number of carbonyl (C=O) groups excluding carboxylic acids is 2. The lowest BCUT2D eigenvalue weighted by molar-refractivity contribution is -0.129. The minimum Gasteiger partial charge on any atom is -0.446 e. The highest BCUT2D eigenvalue weighted by atomic mass is 19.2. The molecule has 3 aromatic rings. The number of methoxy groups -OCH3 is 1. The van der Waals surface area contributed by atoms with Gasteiger partial charge in [0, 0.05) is 24.4 Å². The number of pyridine rings is 1. The number of nitrogens with zero attached hydrogens (tertiary/aromatic N) is 1. The summed E-state index contributed by atoms with van der Waals surface area (Å²) in [5.41, 5.74) is 7.39. The van der Waals surface area contributed by atoms with Gasteiger partial charge in [-0.05, 0) is 48.4 Å². The van der Waals surface area contributed by atoms with E-state index < -0.39 is 29.6 Å². The number of hydrogen-bond acceptors (Lipinski definition) is 5. The number of esters is 1. The molecule has 0 fully saturated rings. The van der Waals surface area contributed by atoms with Crippen LogP contribution in [-0.4, -0.2) is 36.7 Å². The van der Waals surface area contributed by atoms with Crippen LogP contribution in [0.1, 0.15) is 15.9 Å². The average Bonchev–Trinajstić information content (AvgIpc) is 2.75. The molecular weight excluding hydrogens is 406 g/mol. The molecule has 0 aliphatic carbocycles. The Hall–Kier alpha value is -3.65. The van der Waals surface area contributed by atoms with Crippen molar-refractivity contribution in [3.8, 4) is 22.4 Å². The zero-order valence-corrected chi connectivity index (χ0v) is 16.9. The summed E-state index contributed by atoms with van der Waals surface area (Å²) in [5, 5.41) is 0. The van der Waals surface area contributed by atoms with Crippen molar-refractivity contribution in [1.82, 2.24) is 4.98 Å². The summed E-state index contributed by atoms with van der Waals surface area (Å²) in [4.78, 5) is 28.6. The van der Waals surface area contributed by atoms with Gasteiger partial charge in [-0.25, -0.2) is 13.6 Å². The van der Waals surface area contributed by atoms with Crippen molar-refractivity contribution < 1.29 is 27.8 Å². The Bertz CT molecular complexity index is 1120. The number of aryl methyl sites for hydroxylation is 1. The van der Waals surface area contributed by atoms with Gasteiger partial charge in [0.1, 0.15) is 0 Å². The highest BCUT2D eigenvalue weighted by molar-refractivity contribution is 5.95. The summed E-state index contributed by atoms with van der Waals surface area (Å²) < 4.78 is 38.2. The highest BCUT2D eigenvalue weighted by Gasteiger charge is 2.23. The van der Waals surface area contributed by atoms with Crippen LogP contribution in [0.2, 0.25) is 0 Å². The first-order valence-electron chi connectivity index (χ1n) is 9.32. The number of benzene rings is 2. The molecule has 3 rings (SSSR count). The van der Waals surface area contributed by atoms with Crippen LogP contribution in [-0.2, 0) is 14.3 Å². The fourth-order valence-corrected chi connectivity index (χ4v) is 2.94. The van der Waals surface area contributed by atoms with Crippen LogP contribution in [0.5, 0.6) is 0 Å². The molecule has 1 unspecified atom stereocenters. The van der Waals surface area contributed by atoms with Gasteiger partial charge in [-0.1, -0.05) is 18.2 Å². The second-order valence-electron chi connectivity index (χ2n) is 6.87. The smallest absolute Gasteiger partial charge is 0.339 e. The molecule has 0 aliphatic rings. The average molecular weight is 426 g/mol. The van der Waals surface area contributed by atoms with Gasteiger partial charge in [-0.15, -0.1) is 0 Å². The van der Waals surface area contributed by atoms with Gasteiger partial charge >= 0.3 is 5.97 Å². The Morgan fingerprint density at radius 2 is 1.84 bits per heavy atom. The number of primary amides is 1. The first-order chi connectivity index (χ1) is 14.8. The first-order valence-corrected chi connectivity index (χ1v) is 9.32. The van der Waals surface area contributed by atoms with Crippen LogP contribution in [0.15, 0.2) is 54.7 Å². The van der Waals surface area contributed by atoms with E-state index in [4.69, 9.17) is 15.2 Å². The van der Waals surface area contributed by atoms with Crippen molar-refractivity contribution in [2.45, 2.75) is 13.0 Å². The van der Waals surface area contributed by atoms with Gasteiger partial charge in [0.15, 0.2) is 11.6 Å². The van der Waals surface area contributed by atoms with E-state index in [1.165, 1.54) is 31.4 Å². The van der Waals surface area contributed by atoms with E-state index in [9.17, 15) is 18.4 Å². The summed E-state index contributed by atoms with van der Waals surface area (Å²) in [7, 11) is 1.33. The van der Waals surface area contributed by atoms with Gasteiger partial charge < -0.3 is 15.2 Å². The van der Waals surface area contributed by atoms with Gasteiger partial charge in [0.05, 0.1) is 17.9 Å². The summed E-state index contributed by atoms with van der Waals surface area (Å²) in [6.07, 6.45) is 0.345. The van der Waals surface area contributed by atoms with E-state index >= 15 is 0 Å². The maximum atomic E-state index is 14.4. The topological polar surface area (TPSA) is 91.5 Å².